The van der Waals surface area contributed by atoms with Gasteiger partial charge in [0, 0.05) is 10.5 Å². The van der Waals surface area contributed by atoms with Crippen molar-refractivity contribution in [2.75, 3.05) is 11.9 Å². The summed E-state index contributed by atoms with van der Waals surface area (Å²) in [5, 5.41) is 13.6. The van der Waals surface area contributed by atoms with Crippen LogP contribution in [0.15, 0.2) is 46.9 Å². The summed E-state index contributed by atoms with van der Waals surface area (Å²) in [7, 11) is 0. The zero-order valence-electron chi connectivity index (χ0n) is 13.3. The van der Waals surface area contributed by atoms with Gasteiger partial charge in [-0.2, -0.15) is 0 Å². The summed E-state index contributed by atoms with van der Waals surface area (Å²) in [6.45, 7) is 2.12. The number of hydrogen-bond acceptors (Lipinski definition) is 5. The average molecular weight is 407 g/mol. The van der Waals surface area contributed by atoms with Gasteiger partial charge in [-0.3, -0.25) is 14.9 Å². The van der Waals surface area contributed by atoms with E-state index in [0.29, 0.717) is 10.9 Å². The molecule has 0 aliphatic heterocycles. The number of benzene rings is 2. The molecule has 25 heavy (non-hydrogen) atoms. The highest BCUT2D eigenvalue weighted by atomic mass is 79.9. The molecule has 1 N–H and O–H groups in total. The van der Waals surface area contributed by atoms with Crippen molar-refractivity contribution in [3.8, 4) is 0 Å². The van der Waals surface area contributed by atoms with Gasteiger partial charge in [0.2, 0.25) is 0 Å². The normalized spacial score (nSPS) is 10.2. The number of esters is 1. The number of para-hydroxylation sites is 1. The van der Waals surface area contributed by atoms with Gasteiger partial charge < -0.3 is 10.1 Å². The molecule has 0 spiro atoms. The first kappa shape index (κ1) is 18.6. The number of nitro benzene ring substituents is 1. The number of ether oxygens (including phenoxy) is 1. The van der Waals surface area contributed by atoms with Crippen molar-refractivity contribution in [3.05, 3.63) is 68.2 Å². The van der Waals surface area contributed by atoms with Crippen LogP contribution in [-0.4, -0.2) is 23.4 Å². The topological polar surface area (TPSA) is 98.5 Å². The summed E-state index contributed by atoms with van der Waals surface area (Å²) in [6, 6.07) is 10.3. The summed E-state index contributed by atoms with van der Waals surface area (Å²) in [5.41, 5.74) is -0.0299. The molecule has 0 bridgehead atoms. The standard InChI is InChI=1S/C17H15BrN2O5/c1-2-9-25-17(22)13-10-11(18)7-8-14(13)19-16(21)12-5-3-4-6-15(12)20(23)24/h3-8,10H,2,9H2,1H3,(H,19,21). The van der Waals surface area contributed by atoms with Gasteiger partial charge in [-0.05, 0) is 30.7 Å². The van der Waals surface area contributed by atoms with Crippen LogP contribution in [0.3, 0.4) is 0 Å². The van der Waals surface area contributed by atoms with E-state index in [9.17, 15) is 19.7 Å². The predicted octanol–water partition coefficient (Wildman–Crippen LogP) is 4.18. The first-order chi connectivity index (χ1) is 11.9. The van der Waals surface area contributed by atoms with Crippen molar-refractivity contribution < 1.29 is 19.2 Å². The quantitative estimate of drug-likeness (QED) is 0.440. The number of nitro groups is 1. The first-order valence-corrected chi connectivity index (χ1v) is 8.24. The fourth-order valence-electron chi connectivity index (χ4n) is 2.08. The van der Waals surface area contributed by atoms with E-state index in [1.165, 1.54) is 36.4 Å². The lowest BCUT2D eigenvalue weighted by Crippen LogP contribution is -2.17. The summed E-state index contributed by atoms with van der Waals surface area (Å²) in [5.74, 6) is -1.26. The van der Waals surface area contributed by atoms with E-state index in [-0.39, 0.29) is 29.1 Å². The summed E-state index contributed by atoms with van der Waals surface area (Å²) < 4.78 is 5.74. The Labute approximate surface area is 152 Å². The number of carbonyl (C=O) groups excluding carboxylic acids is 2. The molecule has 2 aromatic carbocycles. The number of halogens is 1. The Morgan fingerprint density at radius 2 is 1.92 bits per heavy atom. The maximum absolute atomic E-state index is 12.4. The molecule has 0 radical (unpaired) electrons. The zero-order valence-corrected chi connectivity index (χ0v) is 14.9. The molecular formula is C17H15BrN2O5. The van der Waals surface area contributed by atoms with Crippen LogP contribution in [0.5, 0.6) is 0 Å². The molecule has 8 heteroatoms. The molecule has 1 amide bonds. The van der Waals surface area contributed by atoms with E-state index in [4.69, 9.17) is 4.74 Å². The van der Waals surface area contributed by atoms with Gasteiger partial charge in [0.25, 0.3) is 11.6 Å². The van der Waals surface area contributed by atoms with Gasteiger partial charge in [-0.25, -0.2) is 4.79 Å². The highest BCUT2D eigenvalue weighted by Gasteiger charge is 2.21. The third kappa shape index (κ3) is 4.63. The highest BCUT2D eigenvalue weighted by Crippen LogP contribution is 2.24. The Bertz CT molecular complexity index is 822. The third-order valence-corrected chi connectivity index (χ3v) is 3.73. The number of anilines is 1. The Balaban J connectivity index is 2.33. The Hall–Kier alpha value is -2.74. The lowest BCUT2D eigenvalue weighted by atomic mass is 10.1. The maximum Gasteiger partial charge on any atom is 0.340 e. The molecule has 0 saturated heterocycles. The van der Waals surface area contributed by atoms with Gasteiger partial charge in [0.1, 0.15) is 5.56 Å². The number of nitrogens with one attached hydrogen (secondary N) is 1. The van der Waals surface area contributed by atoms with Gasteiger partial charge in [-0.1, -0.05) is 35.0 Å². The molecule has 0 unspecified atom stereocenters. The number of hydrogen-bond donors (Lipinski definition) is 1. The molecule has 0 heterocycles. The van der Waals surface area contributed by atoms with E-state index >= 15 is 0 Å². The molecule has 7 nitrogen and oxygen atoms in total. The Morgan fingerprint density at radius 1 is 1.20 bits per heavy atom. The van der Waals surface area contributed by atoms with Crippen LogP contribution in [0.1, 0.15) is 34.1 Å². The van der Waals surface area contributed by atoms with Gasteiger partial charge in [0.05, 0.1) is 22.8 Å². The van der Waals surface area contributed by atoms with Crippen LogP contribution in [0.25, 0.3) is 0 Å². The lowest BCUT2D eigenvalue weighted by Gasteiger charge is -2.11. The number of amides is 1. The molecule has 2 aromatic rings. The SMILES string of the molecule is CCCOC(=O)c1cc(Br)ccc1NC(=O)c1ccccc1[N+](=O)[O-]. The van der Waals surface area contributed by atoms with E-state index in [0.717, 1.165) is 0 Å². The molecule has 0 atom stereocenters. The van der Waals surface area contributed by atoms with E-state index in [2.05, 4.69) is 21.2 Å². The van der Waals surface area contributed by atoms with Gasteiger partial charge >= 0.3 is 5.97 Å². The minimum absolute atomic E-state index is 0.0942. The Morgan fingerprint density at radius 3 is 2.60 bits per heavy atom. The summed E-state index contributed by atoms with van der Waals surface area (Å²) >= 11 is 3.26. The summed E-state index contributed by atoms with van der Waals surface area (Å²) in [4.78, 5) is 35.0. The smallest absolute Gasteiger partial charge is 0.340 e. The van der Waals surface area contributed by atoms with Gasteiger partial charge in [0.15, 0.2) is 0 Å². The minimum atomic E-state index is -0.681. The Kier molecular flexibility index (Phi) is 6.24. The van der Waals surface area contributed by atoms with Crippen LogP contribution < -0.4 is 5.32 Å². The van der Waals surface area contributed by atoms with E-state index in [1.54, 1.807) is 6.07 Å². The average Bonchev–Trinajstić information content (AvgIpc) is 2.61. The van der Waals surface area contributed by atoms with Crippen molar-refractivity contribution in [2.45, 2.75) is 13.3 Å². The second-order valence-electron chi connectivity index (χ2n) is 5.05. The first-order valence-electron chi connectivity index (χ1n) is 7.45. The predicted molar refractivity (Wildman–Crippen MR) is 95.8 cm³/mol. The van der Waals surface area contributed by atoms with E-state index in [1.807, 2.05) is 6.92 Å². The van der Waals surface area contributed by atoms with Crippen molar-refractivity contribution in [2.24, 2.45) is 0 Å². The van der Waals surface area contributed by atoms with Crippen LogP contribution in [0, 0.1) is 10.1 Å². The monoisotopic (exact) mass is 406 g/mol. The molecule has 2 rings (SSSR count). The third-order valence-electron chi connectivity index (χ3n) is 3.23. The van der Waals surface area contributed by atoms with Crippen molar-refractivity contribution >= 4 is 39.2 Å². The lowest BCUT2D eigenvalue weighted by molar-refractivity contribution is -0.385. The fourth-order valence-corrected chi connectivity index (χ4v) is 2.44. The van der Waals surface area contributed by atoms with Crippen LogP contribution in [-0.2, 0) is 4.74 Å². The highest BCUT2D eigenvalue weighted by molar-refractivity contribution is 9.10. The largest absolute Gasteiger partial charge is 0.462 e. The second kappa shape index (κ2) is 8.39. The molecule has 0 aliphatic carbocycles. The molecule has 0 fully saturated rings. The molecule has 0 aliphatic rings. The van der Waals surface area contributed by atoms with Crippen LogP contribution in [0.4, 0.5) is 11.4 Å². The number of carbonyl (C=O) groups is 2. The maximum atomic E-state index is 12.4. The van der Waals surface area contributed by atoms with Crippen molar-refractivity contribution in [1.29, 1.82) is 0 Å². The summed E-state index contributed by atoms with van der Waals surface area (Å²) in [6.07, 6.45) is 0.664. The number of rotatable bonds is 6. The second-order valence-corrected chi connectivity index (χ2v) is 5.97. The van der Waals surface area contributed by atoms with Crippen LogP contribution in [0.2, 0.25) is 0 Å². The molecule has 0 saturated carbocycles. The molecular weight excluding hydrogens is 392 g/mol. The fraction of sp³-hybridized carbons (Fsp3) is 0.176. The van der Waals surface area contributed by atoms with Crippen LogP contribution >= 0.6 is 15.9 Å². The molecule has 0 aromatic heterocycles. The van der Waals surface area contributed by atoms with Crippen molar-refractivity contribution in [1.82, 2.24) is 0 Å². The van der Waals surface area contributed by atoms with Gasteiger partial charge in [-0.15, -0.1) is 0 Å². The van der Waals surface area contributed by atoms with Crippen molar-refractivity contribution in [3.63, 3.8) is 0 Å². The molecule has 130 valence electrons. The number of nitrogens with zero attached hydrogens (tertiary/aromatic N) is 1. The van der Waals surface area contributed by atoms with E-state index < -0.39 is 16.8 Å². The minimum Gasteiger partial charge on any atom is -0.462 e. The zero-order chi connectivity index (χ0) is 18.4.